The van der Waals surface area contributed by atoms with Crippen molar-refractivity contribution >= 4 is 32.9 Å². The van der Waals surface area contributed by atoms with E-state index in [1.54, 1.807) is 4.90 Å². The molecule has 3 aliphatic carbocycles. The first-order valence-corrected chi connectivity index (χ1v) is 16.0. The van der Waals surface area contributed by atoms with Crippen molar-refractivity contribution in [3.05, 3.63) is 28.1 Å². The fraction of sp³-hybridized carbons (Fsp3) is 0.704. The van der Waals surface area contributed by atoms with E-state index in [-0.39, 0.29) is 48.7 Å². The normalized spacial score (nSPS) is 27.2. The molecule has 0 radical (unpaired) electrons. The van der Waals surface area contributed by atoms with Crippen molar-refractivity contribution in [3.8, 4) is 6.07 Å². The number of carbonyl (C=O) groups is 1. The molecule has 3 atom stereocenters. The van der Waals surface area contributed by atoms with E-state index in [0.29, 0.717) is 23.4 Å². The lowest BCUT2D eigenvalue weighted by Crippen LogP contribution is -2.50. The zero-order valence-corrected chi connectivity index (χ0v) is 24.4. The van der Waals surface area contributed by atoms with E-state index in [2.05, 4.69) is 5.43 Å². The van der Waals surface area contributed by atoms with Gasteiger partial charge >= 0.3 is 12.4 Å². The molecule has 1 aliphatic heterocycles. The molecule has 4 fully saturated rings. The van der Waals surface area contributed by atoms with Crippen molar-refractivity contribution in [2.24, 2.45) is 17.3 Å². The first-order valence-electron chi connectivity index (χ1n) is 14.0. The van der Waals surface area contributed by atoms with Crippen LogP contribution in [0.2, 0.25) is 5.02 Å². The van der Waals surface area contributed by atoms with Crippen LogP contribution < -0.4 is 10.3 Å². The lowest BCUT2D eigenvalue weighted by molar-refractivity contribution is -0.649. The molecule has 8 nitrogen and oxygen atoms in total. The van der Waals surface area contributed by atoms with E-state index in [0.717, 1.165) is 0 Å². The predicted molar refractivity (Wildman–Crippen MR) is 142 cm³/mol. The Hall–Kier alpha value is -2.60. The van der Waals surface area contributed by atoms with Crippen LogP contribution in [0.25, 0.3) is 0 Å². The quantitative estimate of drug-likeness (QED) is 0.218. The zero-order chi connectivity index (χ0) is 31.6. The average molecular weight is 656 g/mol. The van der Waals surface area contributed by atoms with Gasteiger partial charge in [0.25, 0.3) is 0 Å². The molecule has 3 unspecified atom stereocenters. The largest absolute Gasteiger partial charge is 0.401 e. The summed E-state index contributed by atoms with van der Waals surface area (Å²) in [6, 6.07) is 4.68. The molecule has 1 N–H and O–H groups in total. The monoisotopic (exact) mass is 655 g/mol. The SMILES string of the molecule is N#CC1(N[N+](=O)C2CC(C(=O)C3(C(F)(F)F)CC3)CC(S(=O)(=O)c3ccc(N4CCC(C(F)(F)F)CC4)cc3Cl)C2)CC1. The van der Waals surface area contributed by atoms with Crippen molar-refractivity contribution in [2.75, 3.05) is 18.0 Å². The number of hydrogen-bond acceptors (Lipinski definition) is 6. The number of hydrazine groups is 1. The van der Waals surface area contributed by atoms with Crippen molar-refractivity contribution in [1.29, 1.82) is 5.26 Å². The Morgan fingerprint density at radius 2 is 1.67 bits per heavy atom. The number of piperidine rings is 1. The van der Waals surface area contributed by atoms with Gasteiger partial charge in [0, 0.05) is 37.5 Å². The number of nitroso groups, excluding NO2 is 1. The second-order valence-corrected chi connectivity index (χ2v) is 14.8. The minimum atomic E-state index is -4.81. The Kier molecular flexibility index (Phi) is 7.98. The molecule has 0 spiro atoms. The van der Waals surface area contributed by atoms with E-state index < -0.39 is 81.3 Å². The number of nitriles is 1. The minimum Gasteiger partial charge on any atom is -0.371 e. The van der Waals surface area contributed by atoms with Gasteiger partial charge in [-0.2, -0.15) is 31.6 Å². The third-order valence-corrected chi connectivity index (χ3v) is 12.0. The van der Waals surface area contributed by atoms with E-state index >= 15 is 0 Å². The highest BCUT2D eigenvalue weighted by Gasteiger charge is 2.69. The summed E-state index contributed by atoms with van der Waals surface area (Å²) in [6.45, 7) is 0.163. The smallest absolute Gasteiger partial charge is 0.371 e. The summed E-state index contributed by atoms with van der Waals surface area (Å²) >= 11 is 6.39. The van der Waals surface area contributed by atoms with Crippen LogP contribution >= 0.6 is 11.6 Å². The van der Waals surface area contributed by atoms with Crippen molar-refractivity contribution < 1.29 is 44.4 Å². The highest BCUT2D eigenvalue weighted by Crippen LogP contribution is 2.60. The van der Waals surface area contributed by atoms with Crippen LogP contribution in [0.1, 0.15) is 57.8 Å². The number of Topliss-reactive ketones (excluding diaryl/α,β-unsaturated/α-hetero) is 1. The number of ketones is 1. The van der Waals surface area contributed by atoms with Gasteiger partial charge in [-0.15, -0.1) is 5.43 Å². The van der Waals surface area contributed by atoms with Gasteiger partial charge in [0.05, 0.1) is 32.1 Å². The van der Waals surface area contributed by atoms with Crippen LogP contribution in [0, 0.1) is 33.5 Å². The molecule has 5 rings (SSSR count). The number of alkyl halides is 6. The fourth-order valence-electron chi connectivity index (χ4n) is 6.32. The van der Waals surface area contributed by atoms with Crippen LogP contribution in [0.15, 0.2) is 23.1 Å². The van der Waals surface area contributed by atoms with Gasteiger partial charge < -0.3 is 4.90 Å². The number of rotatable bonds is 8. The summed E-state index contributed by atoms with van der Waals surface area (Å²) in [4.78, 5) is 27.9. The Bertz CT molecular complexity index is 1440. The fourth-order valence-corrected chi connectivity index (χ4v) is 8.73. The molecule has 236 valence electrons. The van der Waals surface area contributed by atoms with E-state index in [1.807, 2.05) is 6.07 Å². The molecule has 43 heavy (non-hydrogen) atoms. The standard InChI is InChI=1S/C27H30ClF6N4O4S/c28-21-14-18(37-9-3-17(4-10-37)26(29,30)31)1-2-22(21)43(41,42)20-12-16(23(39)25(7-8-25)27(32,33)34)11-19(13-20)38(40)36-24(15-35)5-6-24/h1-2,14,16-17,19-20H,3-13H2,(H,36,40)/q+1. The molecule has 0 bridgehead atoms. The molecule has 1 aromatic carbocycles. The Balaban J connectivity index is 1.39. The molecule has 4 aliphatic rings. The molecule has 0 aromatic heterocycles. The number of anilines is 1. The summed E-state index contributed by atoms with van der Waals surface area (Å²) in [7, 11) is -4.39. The summed E-state index contributed by atoms with van der Waals surface area (Å²) in [5.74, 6) is -3.94. The number of carbonyl (C=O) groups excluding carboxylic acids is 1. The zero-order valence-electron chi connectivity index (χ0n) is 22.8. The summed E-state index contributed by atoms with van der Waals surface area (Å²) < 4.78 is 108. The van der Waals surface area contributed by atoms with Crippen molar-refractivity contribution in [1.82, 2.24) is 5.43 Å². The van der Waals surface area contributed by atoms with Gasteiger partial charge in [0.15, 0.2) is 21.2 Å². The third kappa shape index (κ3) is 6.06. The first-order chi connectivity index (χ1) is 19.9. The average Bonchev–Trinajstić information content (AvgIpc) is 3.87. The Labute approximate surface area is 249 Å². The van der Waals surface area contributed by atoms with Gasteiger partial charge in [0.1, 0.15) is 10.3 Å². The molecule has 3 saturated carbocycles. The number of sulfone groups is 1. The highest BCUT2D eigenvalue weighted by molar-refractivity contribution is 7.92. The van der Waals surface area contributed by atoms with E-state index in [1.165, 1.54) is 18.2 Å². The molecular weight excluding hydrogens is 626 g/mol. The van der Waals surface area contributed by atoms with Crippen LogP contribution in [-0.2, 0) is 14.6 Å². The summed E-state index contributed by atoms with van der Waals surface area (Å²) in [6.07, 6.45) is -10.5. The molecular formula is C27H30ClF6N4O4S+. The maximum atomic E-state index is 13.9. The molecule has 1 aromatic rings. The number of hydrogen-bond donors (Lipinski definition) is 1. The lowest BCUT2D eigenvalue weighted by Gasteiger charge is -2.35. The maximum Gasteiger partial charge on any atom is 0.401 e. The van der Waals surface area contributed by atoms with Crippen molar-refractivity contribution in [2.45, 2.75) is 91.9 Å². The van der Waals surface area contributed by atoms with Crippen LogP contribution in [-0.4, -0.2) is 61.3 Å². The van der Waals surface area contributed by atoms with E-state index in [9.17, 15) is 49.7 Å². The Morgan fingerprint density at radius 1 is 1.05 bits per heavy atom. The number of nitrogens with one attached hydrogen (secondary N) is 1. The molecule has 1 saturated heterocycles. The van der Waals surface area contributed by atoms with Gasteiger partial charge in [-0.1, -0.05) is 11.6 Å². The maximum absolute atomic E-state index is 13.9. The predicted octanol–water partition coefficient (Wildman–Crippen LogP) is 5.68. The topological polar surface area (TPSA) is 110 Å². The second kappa shape index (κ2) is 10.8. The van der Waals surface area contributed by atoms with Gasteiger partial charge in [-0.05, 0) is 63.1 Å². The molecule has 16 heteroatoms. The minimum absolute atomic E-state index is 0.0815. The van der Waals surface area contributed by atoms with Crippen LogP contribution in [0.3, 0.4) is 0 Å². The number of nitrogens with zero attached hydrogens (tertiary/aromatic N) is 3. The number of halogens is 7. The highest BCUT2D eigenvalue weighted by atomic mass is 35.5. The second-order valence-electron chi connectivity index (χ2n) is 12.2. The van der Waals surface area contributed by atoms with Crippen LogP contribution in [0.5, 0.6) is 0 Å². The van der Waals surface area contributed by atoms with E-state index in [4.69, 9.17) is 11.6 Å². The van der Waals surface area contributed by atoms with Gasteiger partial charge in [-0.3, -0.25) is 4.79 Å². The molecule has 1 heterocycles. The molecule has 0 amide bonds. The third-order valence-electron chi connectivity index (χ3n) is 9.38. The summed E-state index contributed by atoms with van der Waals surface area (Å²) in [5, 5.41) is 7.70. The number of benzene rings is 1. The van der Waals surface area contributed by atoms with Gasteiger partial charge in [-0.25, -0.2) is 8.42 Å². The summed E-state index contributed by atoms with van der Waals surface area (Å²) in [5.41, 5.74) is -0.778. The first kappa shape index (κ1) is 31.8. The van der Waals surface area contributed by atoms with Crippen LogP contribution in [0.4, 0.5) is 32.0 Å². The van der Waals surface area contributed by atoms with Crippen molar-refractivity contribution in [3.63, 3.8) is 0 Å². The lowest BCUT2D eigenvalue weighted by atomic mass is 9.77. The Morgan fingerprint density at radius 3 is 2.16 bits per heavy atom. The van der Waals surface area contributed by atoms with Gasteiger partial charge in [0.2, 0.25) is 6.04 Å².